The Labute approximate surface area is 60.8 Å². The summed E-state index contributed by atoms with van der Waals surface area (Å²) in [4.78, 5) is 0. The number of nitrogens with one attached hydrogen (secondary N) is 1. The third kappa shape index (κ3) is 3.70. The lowest BCUT2D eigenvalue weighted by molar-refractivity contribution is 0.0594. The van der Waals surface area contributed by atoms with Crippen LogP contribution < -0.4 is 5.32 Å². The number of hydrogen-bond donors (Lipinski definition) is 2. The van der Waals surface area contributed by atoms with Gasteiger partial charge in [0, 0.05) is 13.1 Å². The molecule has 0 aliphatic carbocycles. The van der Waals surface area contributed by atoms with Crippen LogP contribution in [0.15, 0.2) is 0 Å². The standard InChI is InChI=1S/C5H11NO2.ClH/c7-5-3-6-1-2-8-4-5;/h5-7H,1-4H2;1H/t5-;/m1./s1. The molecule has 2 N–H and O–H groups in total. The molecule has 1 aliphatic rings. The van der Waals surface area contributed by atoms with Crippen molar-refractivity contribution in [3.05, 3.63) is 0 Å². The van der Waals surface area contributed by atoms with Crippen molar-refractivity contribution in [2.75, 3.05) is 26.3 Å². The first-order valence-electron chi connectivity index (χ1n) is 2.86. The quantitative estimate of drug-likeness (QED) is 0.488. The number of ether oxygens (including phenoxy) is 1. The van der Waals surface area contributed by atoms with E-state index >= 15 is 0 Å². The molecule has 0 bridgehead atoms. The van der Waals surface area contributed by atoms with Crippen LogP contribution in [0, 0.1) is 0 Å². The van der Waals surface area contributed by atoms with Crippen molar-refractivity contribution in [1.29, 1.82) is 0 Å². The first-order chi connectivity index (χ1) is 3.89. The van der Waals surface area contributed by atoms with Crippen LogP contribution >= 0.6 is 12.4 Å². The molecule has 1 rings (SSSR count). The van der Waals surface area contributed by atoms with E-state index in [9.17, 15) is 0 Å². The van der Waals surface area contributed by atoms with E-state index in [-0.39, 0.29) is 18.5 Å². The van der Waals surface area contributed by atoms with E-state index in [1.54, 1.807) is 0 Å². The average molecular weight is 154 g/mol. The highest BCUT2D eigenvalue weighted by Crippen LogP contribution is 1.86. The second-order valence-corrected chi connectivity index (χ2v) is 1.93. The summed E-state index contributed by atoms with van der Waals surface area (Å²) in [6.45, 7) is 2.72. The molecule has 0 spiro atoms. The molecule has 0 aromatic heterocycles. The molecule has 1 saturated heterocycles. The minimum absolute atomic E-state index is 0. The van der Waals surface area contributed by atoms with Gasteiger partial charge in [-0.1, -0.05) is 0 Å². The lowest BCUT2D eigenvalue weighted by atomic mass is 10.4. The maximum absolute atomic E-state index is 8.90. The maximum Gasteiger partial charge on any atom is 0.0897 e. The van der Waals surface area contributed by atoms with Crippen molar-refractivity contribution in [2.45, 2.75) is 6.10 Å². The smallest absolute Gasteiger partial charge is 0.0897 e. The zero-order valence-electron chi connectivity index (χ0n) is 5.17. The monoisotopic (exact) mass is 153 g/mol. The molecular formula is C5H12ClNO2. The maximum atomic E-state index is 8.90. The first kappa shape index (κ1) is 9.17. The van der Waals surface area contributed by atoms with Crippen molar-refractivity contribution in [2.24, 2.45) is 0 Å². The third-order valence-electron chi connectivity index (χ3n) is 1.11. The van der Waals surface area contributed by atoms with Gasteiger partial charge in [0.05, 0.1) is 19.3 Å². The molecule has 1 fully saturated rings. The van der Waals surface area contributed by atoms with E-state index in [0.717, 1.165) is 13.2 Å². The van der Waals surface area contributed by atoms with E-state index in [2.05, 4.69) is 5.32 Å². The summed E-state index contributed by atoms with van der Waals surface area (Å²) in [6.07, 6.45) is -0.308. The van der Waals surface area contributed by atoms with Crippen molar-refractivity contribution >= 4 is 12.4 Å². The van der Waals surface area contributed by atoms with Crippen LogP contribution in [-0.4, -0.2) is 37.5 Å². The van der Waals surface area contributed by atoms with Gasteiger partial charge in [-0.2, -0.15) is 0 Å². The average Bonchev–Trinajstić information content (AvgIpc) is 1.94. The van der Waals surface area contributed by atoms with Crippen molar-refractivity contribution in [3.63, 3.8) is 0 Å². The van der Waals surface area contributed by atoms with Crippen LogP contribution in [0.3, 0.4) is 0 Å². The van der Waals surface area contributed by atoms with Gasteiger partial charge in [-0.25, -0.2) is 0 Å². The molecule has 3 nitrogen and oxygen atoms in total. The number of hydrogen-bond acceptors (Lipinski definition) is 3. The summed E-state index contributed by atoms with van der Waals surface area (Å²) in [6, 6.07) is 0. The Hall–Kier alpha value is 0.170. The highest BCUT2D eigenvalue weighted by Gasteiger charge is 2.05. The van der Waals surface area contributed by atoms with Crippen LogP contribution in [0.1, 0.15) is 0 Å². The number of aliphatic hydroxyl groups is 1. The van der Waals surface area contributed by atoms with Gasteiger partial charge in [-0.15, -0.1) is 12.4 Å². The predicted molar refractivity (Wildman–Crippen MR) is 36.9 cm³/mol. The van der Waals surface area contributed by atoms with Gasteiger partial charge >= 0.3 is 0 Å². The van der Waals surface area contributed by atoms with Gasteiger partial charge in [-0.05, 0) is 0 Å². The number of halogens is 1. The molecule has 1 heterocycles. The number of aliphatic hydroxyl groups excluding tert-OH is 1. The summed E-state index contributed by atoms with van der Waals surface area (Å²) in [5.41, 5.74) is 0. The van der Waals surface area contributed by atoms with E-state index in [4.69, 9.17) is 9.84 Å². The van der Waals surface area contributed by atoms with Crippen LogP contribution in [0.4, 0.5) is 0 Å². The lowest BCUT2D eigenvalue weighted by Gasteiger charge is -2.02. The summed E-state index contributed by atoms with van der Waals surface area (Å²) in [7, 11) is 0. The largest absolute Gasteiger partial charge is 0.389 e. The summed E-state index contributed by atoms with van der Waals surface area (Å²) >= 11 is 0. The molecule has 1 aliphatic heterocycles. The SMILES string of the molecule is Cl.O[C@@H]1CNCCOC1. The van der Waals surface area contributed by atoms with Crippen LogP contribution in [-0.2, 0) is 4.74 Å². The Balaban J connectivity index is 0.000000640. The molecular weight excluding hydrogens is 142 g/mol. The third-order valence-corrected chi connectivity index (χ3v) is 1.11. The Kier molecular flexibility index (Phi) is 5.09. The Morgan fingerprint density at radius 2 is 2.33 bits per heavy atom. The van der Waals surface area contributed by atoms with Crippen LogP contribution in [0.2, 0.25) is 0 Å². The van der Waals surface area contributed by atoms with Crippen molar-refractivity contribution < 1.29 is 9.84 Å². The number of β-amino-alcohol motifs (C(OH)–C–C–N with tert-alkyl or cyclic N) is 1. The van der Waals surface area contributed by atoms with Gasteiger partial charge in [0.1, 0.15) is 0 Å². The first-order valence-corrected chi connectivity index (χ1v) is 2.86. The fourth-order valence-electron chi connectivity index (χ4n) is 0.691. The molecule has 0 aromatic rings. The minimum atomic E-state index is -0.308. The number of rotatable bonds is 0. The molecule has 4 heteroatoms. The van der Waals surface area contributed by atoms with E-state index in [1.807, 2.05) is 0 Å². The normalized spacial score (nSPS) is 28.3. The van der Waals surface area contributed by atoms with E-state index < -0.39 is 0 Å². The highest BCUT2D eigenvalue weighted by molar-refractivity contribution is 5.85. The summed E-state index contributed by atoms with van der Waals surface area (Å²) in [5.74, 6) is 0. The molecule has 0 saturated carbocycles. The molecule has 56 valence electrons. The molecule has 0 unspecified atom stereocenters. The fraction of sp³-hybridized carbons (Fsp3) is 1.00. The van der Waals surface area contributed by atoms with Gasteiger partial charge in [0.2, 0.25) is 0 Å². The van der Waals surface area contributed by atoms with E-state index in [0.29, 0.717) is 13.2 Å². The Morgan fingerprint density at radius 3 is 3.11 bits per heavy atom. The van der Waals surface area contributed by atoms with Crippen molar-refractivity contribution in [3.8, 4) is 0 Å². The second-order valence-electron chi connectivity index (χ2n) is 1.93. The zero-order valence-corrected chi connectivity index (χ0v) is 5.99. The van der Waals surface area contributed by atoms with Crippen molar-refractivity contribution in [1.82, 2.24) is 5.32 Å². The summed E-state index contributed by atoms with van der Waals surface area (Å²) < 4.78 is 4.99. The fourth-order valence-corrected chi connectivity index (χ4v) is 0.691. The van der Waals surface area contributed by atoms with Crippen LogP contribution in [0.25, 0.3) is 0 Å². The zero-order chi connectivity index (χ0) is 5.82. The van der Waals surface area contributed by atoms with Crippen LogP contribution in [0.5, 0.6) is 0 Å². The minimum Gasteiger partial charge on any atom is -0.389 e. The Morgan fingerprint density at radius 1 is 1.56 bits per heavy atom. The molecule has 0 radical (unpaired) electrons. The van der Waals surface area contributed by atoms with Gasteiger partial charge in [-0.3, -0.25) is 0 Å². The highest BCUT2D eigenvalue weighted by atomic mass is 35.5. The van der Waals surface area contributed by atoms with E-state index in [1.165, 1.54) is 0 Å². The summed E-state index contributed by atoms with van der Waals surface area (Å²) in [5, 5.41) is 11.9. The van der Waals surface area contributed by atoms with Gasteiger partial charge in [0.25, 0.3) is 0 Å². The lowest BCUT2D eigenvalue weighted by Crippen LogP contribution is -2.26. The Bertz CT molecular complexity index is 64.0. The van der Waals surface area contributed by atoms with Gasteiger partial charge in [0.15, 0.2) is 0 Å². The van der Waals surface area contributed by atoms with Gasteiger partial charge < -0.3 is 15.2 Å². The molecule has 0 aromatic carbocycles. The molecule has 0 amide bonds. The second kappa shape index (κ2) is 4.99. The molecule has 1 atom stereocenters. The predicted octanol–water partition coefficient (Wildman–Crippen LogP) is -0.611. The molecule has 9 heavy (non-hydrogen) atoms. The topological polar surface area (TPSA) is 41.5 Å².